The summed E-state index contributed by atoms with van der Waals surface area (Å²) in [4.78, 5) is 21.9. The number of aromatic nitrogens is 3. The van der Waals surface area contributed by atoms with Gasteiger partial charge in [0.1, 0.15) is 0 Å². The second kappa shape index (κ2) is 7.55. The summed E-state index contributed by atoms with van der Waals surface area (Å²) in [6.07, 6.45) is 2.74. The van der Waals surface area contributed by atoms with Gasteiger partial charge < -0.3 is 4.90 Å². The van der Waals surface area contributed by atoms with Crippen LogP contribution in [-0.2, 0) is 7.05 Å². The van der Waals surface area contributed by atoms with E-state index in [1.807, 2.05) is 53.3 Å². The molecule has 0 fully saturated rings. The van der Waals surface area contributed by atoms with Crippen LogP contribution in [0.3, 0.4) is 0 Å². The van der Waals surface area contributed by atoms with E-state index in [-0.39, 0.29) is 5.91 Å². The number of para-hydroxylation sites is 1. The molecule has 0 aliphatic heterocycles. The predicted octanol–water partition coefficient (Wildman–Crippen LogP) is 3.25. The smallest absolute Gasteiger partial charge is 0.280 e. The molecule has 0 N–H and O–H groups in total. The molecule has 0 saturated heterocycles. The number of nitrogens with zero attached hydrogens (tertiary/aromatic N) is 5. The second-order valence-corrected chi connectivity index (χ2v) is 7.88. The van der Waals surface area contributed by atoms with Gasteiger partial charge in [-0.15, -0.1) is 0 Å². The van der Waals surface area contributed by atoms with E-state index < -0.39 is 0 Å². The van der Waals surface area contributed by atoms with Gasteiger partial charge in [0.2, 0.25) is 0 Å². The number of benzene rings is 1. The summed E-state index contributed by atoms with van der Waals surface area (Å²) in [5.74, 6) is -0.0847. The molecule has 0 saturated carbocycles. The summed E-state index contributed by atoms with van der Waals surface area (Å²) < 4.78 is 2.78. The molecular weight excluding hydrogens is 346 g/mol. The second-order valence-electron chi connectivity index (χ2n) is 6.87. The van der Waals surface area contributed by atoms with Crippen LogP contribution >= 0.6 is 11.3 Å². The summed E-state index contributed by atoms with van der Waals surface area (Å²) in [6, 6.07) is 6.13. The van der Waals surface area contributed by atoms with Gasteiger partial charge in [-0.3, -0.25) is 14.4 Å². The van der Waals surface area contributed by atoms with Crippen LogP contribution in [0, 0.1) is 13.8 Å². The number of hydrogen-bond acceptors (Lipinski definition) is 5. The minimum atomic E-state index is -0.0847. The molecule has 0 atom stereocenters. The van der Waals surface area contributed by atoms with Crippen molar-refractivity contribution in [3.63, 3.8) is 0 Å². The summed E-state index contributed by atoms with van der Waals surface area (Å²) in [5, 5.41) is 5.10. The van der Waals surface area contributed by atoms with E-state index in [0.717, 1.165) is 39.4 Å². The maximum Gasteiger partial charge on any atom is 0.280 e. The highest BCUT2D eigenvalue weighted by molar-refractivity contribution is 7.22. The Morgan fingerprint density at radius 1 is 1.19 bits per heavy atom. The Labute approximate surface area is 158 Å². The molecule has 1 amide bonds. The third-order valence-electron chi connectivity index (χ3n) is 4.29. The molecule has 3 aromatic rings. The first-order chi connectivity index (χ1) is 12.4. The van der Waals surface area contributed by atoms with Crippen molar-refractivity contribution in [1.29, 1.82) is 0 Å². The van der Waals surface area contributed by atoms with Crippen LogP contribution in [0.1, 0.15) is 28.0 Å². The third kappa shape index (κ3) is 3.78. The highest BCUT2D eigenvalue weighted by atomic mass is 32.1. The quantitative estimate of drug-likeness (QED) is 0.667. The van der Waals surface area contributed by atoms with Crippen LogP contribution in [0.2, 0.25) is 0 Å². The monoisotopic (exact) mass is 371 g/mol. The Balaban J connectivity index is 1.97. The lowest BCUT2D eigenvalue weighted by Gasteiger charge is -2.20. The van der Waals surface area contributed by atoms with Gasteiger partial charge in [-0.2, -0.15) is 5.10 Å². The largest absolute Gasteiger partial charge is 0.309 e. The van der Waals surface area contributed by atoms with Crippen molar-refractivity contribution in [3.8, 4) is 0 Å². The number of fused-ring (bicyclic) bond motifs is 1. The van der Waals surface area contributed by atoms with E-state index in [1.165, 1.54) is 0 Å². The minimum Gasteiger partial charge on any atom is -0.309 e. The average molecular weight is 372 g/mol. The molecule has 6 nitrogen and oxygen atoms in total. The number of hydrogen-bond donors (Lipinski definition) is 0. The SMILES string of the molecule is Cc1cn(C)nc1C(=O)N(CCCN(C)C)c1nc2c(C)cccc2s1. The Bertz CT molecular complexity index is 927. The number of anilines is 1. The minimum absolute atomic E-state index is 0.0847. The molecule has 0 radical (unpaired) electrons. The normalized spacial score (nSPS) is 11.5. The van der Waals surface area contributed by atoms with E-state index in [2.05, 4.69) is 16.1 Å². The molecular formula is C19H25N5OS. The van der Waals surface area contributed by atoms with Gasteiger partial charge in [0, 0.05) is 25.4 Å². The summed E-state index contributed by atoms with van der Waals surface area (Å²) in [6.45, 7) is 5.49. The fourth-order valence-corrected chi connectivity index (χ4v) is 4.03. The predicted molar refractivity (Wildman–Crippen MR) is 107 cm³/mol. The van der Waals surface area contributed by atoms with E-state index in [9.17, 15) is 4.79 Å². The van der Waals surface area contributed by atoms with Gasteiger partial charge in [0.05, 0.1) is 10.2 Å². The number of amides is 1. The van der Waals surface area contributed by atoms with E-state index in [0.29, 0.717) is 12.2 Å². The zero-order chi connectivity index (χ0) is 18.8. The molecule has 26 heavy (non-hydrogen) atoms. The molecule has 0 spiro atoms. The topological polar surface area (TPSA) is 54.3 Å². The van der Waals surface area contributed by atoms with Gasteiger partial charge in [0.15, 0.2) is 10.8 Å². The summed E-state index contributed by atoms with van der Waals surface area (Å²) >= 11 is 1.56. The van der Waals surface area contributed by atoms with Gasteiger partial charge in [-0.05, 0) is 52.5 Å². The number of rotatable bonds is 6. The fourth-order valence-electron chi connectivity index (χ4n) is 2.97. The first kappa shape index (κ1) is 18.5. The average Bonchev–Trinajstić information content (AvgIpc) is 3.14. The van der Waals surface area contributed by atoms with Crippen LogP contribution in [0.15, 0.2) is 24.4 Å². The lowest BCUT2D eigenvalue weighted by Crippen LogP contribution is -2.34. The molecule has 7 heteroatoms. The van der Waals surface area contributed by atoms with Gasteiger partial charge in [0.25, 0.3) is 5.91 Å². The highest BCUT2D eigenvalue weighted by Gasteiger charge is 2.25. The van der Waals surface area contributed by atoms with Crippen LogP contribution in [-0.4, -0.2) is 52.8 Å². The number of thiazole rings is 1. The number of carbonyl (C=O) groups excluding carboxylic acids is 1. The molecule has 2 aromatic heterocycles. The fraction of sp³-hybridized carbons (Fsp3) is 0.421. The molecule has 2 heterocycles. The summed E-state index contributed by atoms with van der Waals surface area (Å²) in [7, 11) is 5.91. The molecule has 0 unspecified atom stereocenters. The van der Waals surface area contributed by atoms with Crippen molar-refractivity contribution in [2.24, 2.45) is 7.05 Å². The van der Waals surface area contributed by atoms with Crippen LogP contribution in [0.4, 0.5) is 5.13 Å². The van der Waals surface area contributed by atoms with Crippen molar-refractivity contribution in [2.75, 3.05) is 32.1 Å². The molecule has 0 aliphatic rings. The summed E-state index contributed by atoms with van der Waals surface area (Å²) in [5.41, 5.74) is 3.47. The van der Waals surface area contributed by atoms with Crippen molar-refractivity contribution in [2.45, 2.75) is 20.3 Å². The zero-order valence-corrected chi connectivity index (χ0v) is 16.8. The van der Waals surface area contributed by atoms with Gasteiger partial charge >= 0.3 is 0 Å². The lowest BCUT2D eigenvalue weighted by molar-refractivity contribution is 0.0980. The maximum absolute atomic E-state index is 13.2. The molecule has 3 rings (SSSR count). The first-order valence-corrected chi connectivity index (χ1v) is 9.51. The Morgan fingerprint density at radius 3 is 2.58 bits per heavy atom. The molecule has 0 bridgehead atoms. The standard InChI is InChI=1S/C19H25N5OS/c1-13-8-6-9-15-16(13)20-19(26-15)24(11-7-10-22(3)4)18(25)17-14(2)12-23(5)21-17/h6,8-9,12H,7,10-11H2,1-5H3. The Hall–Kier alpha value is -2.25. The van der Waals surface area contributed by atoms with Crippen LogP contribution < -0.4 is 4.90 Å². The first-order valence-electron chi connectivity index (χ1n) is 8.70. The Kier molecular flexibility index (Phi) is 5.38. The maximum atomic E-state index is 13.2. The van der Waals surface area contributed by atoms with E-state index >= 15 is 0 Å². The van der Waals surface area contributed by atoms with Crippen molar-refractivity contribution < 1.29 is 4.79 Å². The van der Waals surface area contributed by atoms with Crippen molar-refractivity contribution in [1.82, 2.24) is 19.7 Å². The molecule has 1 aromatic carbocycles. The highest BCUT2D eigenvalue weighted by Crippen LogP contribution is 2.31. The number of aryl methyl sites for hydroxylation is 3. The van der Waals surface area contributed by atoms with Crippen LogP contribution in [0.25, 0.3) is 10.2 Å². The third-order valence-corrected chi connectivity index (χ3v) is 5.33. The van der Waals surface area contributed by atoms with Gasteiger partial charge in [-0.1, -0.05) is 23.5 Å². The van der Waals surface area contributed by atoms with E-state index in [4.69, 9.17) is 4.98 Å². The molecule has 0 aliphatic carbocycles. The van der Waals surface area contributed by atoms with Gasteiger partial charge in [-0.25, -0.2) is 4.98 Å². The lowest BCUT2D eigenvalue weighted by atomic mass is 10.2. The van der Waals surface area contributed by atoms with Crippen molar-refractivity contribution >= 4 is 32.6 Å². The number of carbonyl (C=O) groups is 1. The van der Waals surface area contributed by atoms with Crippen molar-refractivity contribution in [3.05, 3.63) is 41.2 Å². The van der Waals surface area contributed by atoms with E-state index in [1.54, 1.807) is 20.9 Å². The molecule has 138 valence electrons. The Morgan fingerprint density at radius 2 is 1.96 bits per heavy atom. The zero-order valence-electron chi connectivity index (χ0n) is 16.0. The van der Waals surface area contributed by atoms with Crippen LogP contribution in [0.5, 0.6) is 0 Å².